The van der Waals surface area contributed by atoms with Crippen molar-refractivity contribution in [2.45, 2.75) is 32.5 Å². The molecule has 0 unspecified atom stereocenters. The molecule has 1 atom stereocenters. The number of carbonyl (C=O) groups excluding carboxylic acids is 1. The van der Waals surface area contributed by atoms with E-state index in [0.717, 1.165) is 0 Å². The minimum absolute atomic E-state index is 0.284. The van der Waals surface area contributed by atoms with E-state index >= 15 is 0 Å². The molecular formula is C20H22FN7O2. The number of hydrogen-bond acceptors (Lipinski definition) is 7. The van der Waals surface area contributed by atoms with Gasteiger partial charge in [-0.05, 0) is 50.6 Å². The lowest BCUT2D eigenvalue weighted by atomic mass is 10.0. The van der Waals surface area contributed by atoms with E-state index in [2.05, 4.69) is 31.2 Å². The summed E-state index contributed by atoms with van der Waals surface area (Å²) in [4.78, 5) is 22.2. The van der Waals surface area contributed by atoms with E-state index in [9.17, 15) is 9.18 Å². The number of nitrogens with zero attached hydrogens (tertiary/aromatic N) is 4. The van der Waals surface area contributed by atoms with E-state index in [4.69, 9.17) is 4.84 Å². The van der Waals surface area contributed by atoms with Crippen LogP contribution in [0.4, 0.5) is 10.2 Å². The van der Waals surface area contributed by atoms with E-state index in [1.54, 1.807) is 23.0 Å². The van der Waals surface area contributed by atoms with Crippen LogP contribution in [0.2, 0.25) is 0 Å². The summed E-state index contributed by atoms with van der Waals surface area (Å²) in [6, 6.07) is 5.46. The maximum atomic E-state index is 13.8. The molecule has 30 heavy (non-hydrogen) atoms. The quantitative estimate of drug-likeness (QED) is 0.596. The molecule has 0 spiro atoms. The summed E-state index contributed by atoms with van der Waals surface area (Å²) in [6.45, 7) is 5.56. The van der Waals surface area contributed by atoms with Crippen LogP contribution in [0.5, 0.6) is 0 Å². The molecule has 1 aliphatic heterocycles. The molecule has 3 heterocycles. The molecule has 156 valence electrons. The number of hydrogen-bond donors (Lipinski definition) is 3. The number of nitrogens with one attached hydrogen (secondary N) is 3. The summed E-state index contributed by atoms with van der Waals surface area (Å²) in [7, 11) is 1.54. The Morgan fingerprint density at radius 1 is 1.33 bits per heavy atom. The fourth-order valence-electron chi connectivity index (χ4n) is 3.26. The summed E-state index contributed by atoms with van der Waals surface area (Å²) < 4.78 is 15.5. The molecule has 0 bridgehead atoms. The molecule has 0 radical (unpaired) electrons. The van der Waals surface area contributed by atoms with E-state index < -0.39 is 11.5 Å². The van der Waals surface area contributed by atoms with Crippen LogP contribution in [-0.4, -0.2) is 39.1 Å². The third-order valence-electron chi connectivity index (χ3n) is 4.73. The number of fused-ring (bicyclic) bond motifs is 1. The summed E-state index contributed by atoms with van der Waals surface area (Å²) in [6.07, 6.45) is 3.41. The lowest BCUT2D eigenvalue weighted by Gasteiger charge is -2.18. The first-order valence-corrected chi connectivity index (χ1v) is 9.44. The van der Waals surface area contributed by atoms with Crippen molar-refractivity contribution < 1.29 is 14.0 Å². The van der Waals surface area contributed by atoms with Crippen LogP contribution in [0.15, 0.2) is 41.8 Å². The van der Waals surface area contributed by atoms with Gasteiger partial charge in [-0.3, -0.25) is 4.79 Å². The second-order valence-electron chi connectivity index (χ2n) is 7.48. The van der Waals surface area contributed by atoms with Crippen molar-refractivity contribution >= 4 is 23.2 Å². The zero-order valence-corrected chi connectivity index (χ0v) is 17.0. The molecule has 3 N–H and O–H groups in total. The summed E-state index contributed by atoms with van der Waals surface area (Å²) in [5.41, 5.74) is 1.58. The van der Waals surface area contributed by atoms with Crippen LogP contribution in [0.25, 0.3) is 5.65 Å². The first kappa shape index (κ1) is 19.6. The Morgan fingerprint density at radius 3 is 2.83 bits per heavy atom. The number of oxime groups is 1. The number of halogens is 1. The van der Waals surface area contributed by atoms with Gasteiger partial charge < -0.3 is 20.8 Å². The highest BCUT2D eigenvalue weighted by Gasteiger charge is 2.30. The average Bonchev–Trinajstić information content (AvgIpc) is 3.29. The number of carbonyl (C=O) groups is 1. The molecular weight excluding hydrogens is 389 g/mol. The lowest BCUT2D eigenvalue weighted by molar-refractivity contribution is -0.00234. The van der Waals surface area contributed by atoms with Crippen molar-refractivity contribution in [3.05, 3.63) is 59.2 Å². The Labute approximate surface area is 172 Å². The van der Waals surface area contributed by atoms with E-state index in [1.807, 2.05) is 20.8 Å². The molecule has 10 heteroatoms. The lowest BCUT2D eigenvalue weighted by Crippen LogP contribution is -2.38. The zero-order valence-electron chi connectivity index (χ0n) is 17.0. The van der Waals surface area contributed by atoms with Gasteiger partial charge in [0.1, 0.15) is 11.6 Å². The van der Waals surface area contributed by atoms with Crippen molar-refractivity contribution in [1.82, 2.24) is 25.2 Å². The molecule has 0 saturated carbocycles. The molecule has 0 saturated heterocycles. The van der Waals surface area contributed by atoms with Crippen LogP contribution in [0, 0.1) is 5.82 Å². The van der Waals surface area contributed by atoms with Gasteiger partial charge in [-0.1, -0.05) is 5.16 Å². The van der Waals surface area contributed by atoms with Crippen LogP contribution < -0.4 is 16.0 Å². The van der Waals surface area contributed by atoms with Gasteiger partial charge in [-0.25, -0.2) is 13.9 Å². The Morgan fingerprint density at radius 2 is 2.13 bits per heavy atom. The molecule has 0 aliphatic carbocycles. The molecule has 0 fully saturated rings. The summed E-state index contributed by atoms with van der Waals surface area (Å²) >= 11 is 0. The monoisotopic (exact) mass is 411 g/mol. The smallest absolute Gasteiger partial charge is 0.251 e. The Kier molecular flexibility index (Phi) is 4.76. The van der Waals surface area contributed by atoms with Crippen LogP contribution in [0.3, 0.4) is 0 Å². The fraction of sp³-hybridized carbons (Fsp3) is 0.300. The minimum Gasteiger partial charge on any atom is -0.366 e. The third-order valence-corrected chi connectivity index (χ3v) is 4.73. The fourth-order valence-corrected chi connectivity index (χ4v) is 3.26. The van der Waals surface area contributed by atoms with Crippen molar-refractivity contribution in [1.29, 1.82) is 0 Å². The van der Waals surface area contributed by atoms with Crippen molar-refractivity contribution in [3.8, 4) is 0 Å². The van der Waals surface area contributed by atoms with Gasteiger partial charge in [0.05, 0.1) is 17.8 Å². The van der Waals surface area contributed by atoms with Gasteiger partial charge in [0, 0.05) is 18.8 Å². The maximum Gasteiger partial charge on any atom is 0.251 e. The topological polar surface area (TPSA) is 105 Å². The standard InChI is InChI=1S/C20H22FN7O2/c1-11(14-9-12(21)5-6-13(14)19(29)22-4)24-16-7-8-28-18(25-16)15(10-23-28)17-26-20(2,3)30-27-17/h5-11H,1-4H3,(H,22,29)(H,24,25)(H,26,27)/t11-/m1/s1. The van der Waals surface area contributed by atoms with Crippen LogP contribution in [-0.2, 0) is 4.84 Å². The third kappa shape index (κ3) is 3.63. The first-order chi connectivity index (χ1) is 14.3. The molecule has 2 aromatic heterocycles. The van der Waals surface area contributed by atoms with Crippen molar-refractivity contribution in [2.24, 2.45) is 5.16 Å². The van der Waals surface area contributed by atoms with Gasteiger partial charge >= 0.3 is 0 Å². The normalized spacial score (nSPS) is 15.8. The second kappa shape index (κ2) is 7.29. The predicted octanol–water partition coefficient (Wildman–Crippen LogP) is 2.42. The van der Waals surface area contributed by atoms with Crippen LogP contribution >= 0.6 is 0 Å². The number of rotatable bonds is 5. The number of anilines is 1. The molecule has 1 aliphatic rings. The van der Waals surface area contributed by atoms with Crippen LogP contribution in [0.1, 0.15) is 48.3 Å². The number of benzene rings is 1. The SMILES string of the molecule is CNC(=O)c1ccc(F)cc1[C@@H](C)Nc1ccn2ncc(C3=NOC(C)(C)N3)c2n1. The average molecular weight is 411 g/mol. The first-order valence-electron chi connectivity index (χ1n) is 9.44. The minimum atomic E-state index is -0.610. The number of amidine groups is 1. The Balaban J connectivity index is 1.64. The number of aromatic nitrogens is 3. The van der Waals surface area contributed by atoms with Gasteiger partial charge in [0.2, 0.25) is 5.72 Å². The van der Waals surface area contributed by atoms with Gasteiger partial charge in [0.25, 0.3) is 5.91 Å². The van der Waals surface area contributed by atoms with E-state index in [0.29, 0.717) is 34.0 Å². The molecule has 4 rings (SSSR count). The molecule has 1 aromatic carbocycles. The van der Waals surface area contributed by atoms with Crippen molar-refractivity contribution in [2.75, 3.05) is 12.4 Å². The zero-order chi connectivity index (χ0) is 21.5. The largest absolute Gasteiger partial charge is 0.366 e. The Bertz CT molecular complexity index is 1160. The van der Waals surface area contributed by atoms with Gasteiger partial charge in [0.15, 0.2) is 11.5 Å². The predicted molar refractivity (Wildman–Crippen MR) is 110 cm³/mol. The summed E-state index contributed by atoms with van der Waals surface area (Å²) in [5, 5.41) is 17.4. The van der Waals surface area contributed by atoms with E-state index in [-0.39, 0.29) is 11.9 Å². The van der Waals surface area contributed by atoms with E-state index in [1.165, 1.54) is 25.2 Å². The Hall–Kier alpha value is -3.69. The molecule has 3 aromatic rings. The highest BCUT2D eigenvalue weighted by atomic mass is 19.1. The molecule has 1 amide bonds. The number of amides is 1. The highest BCUT2D eigenvalue weighted by Crippen LogP contribution is 2.24. The highest BCUT2D eigenvalue weighted by molar-refractivity contribution is 6.04. The summed E-state index contributed by atoms with van der Waals surface area (Å²) in [5.74, 6) is 0.385. The second-order valence-corrected chi connectivity index (χ2v) is 7.48. The van der Waals surface area contributed by atoms with Gasteiger partial charge in [-0.2, -0.15) is 5.10 Å². The van der Waals surface area contributed by atoms with Gasteiger partial charge in [-0.15, -0.1) is 0 Å². The maximum absolute atomic E-state index is 13.8. The molecule has 9 nitrogen and oxygen atoms in total. The van der Waals surface area contributed by atoms with Crippen molar-refractivity contribution in [3.63, 3.8) is 0 Å².